The molecular weight excluding hydrogens is 296 g/mol. The van der Waals surface area contributed by atoms with E-state index in [4.69, 9.17) is 11.6 Å². The first-order valence-electron chi connectivity index (χ1n) is 6.39. The number of halogens is 1. The molecule has 0 aliphatic rings. The van der Waals surface area contributed by atoms with Crippen molar-refractivity contribution in [3.05, 3.63) is 33.5 Å². The van der Waals surface area contributed by atoms with Gasteiger partial charge in [-0.2, -0.15) is 5.10 Å². The van der Waals surface area contributed by atoms with E-state index in [1.54, 1.807) is 25.0 Å². The van der Waals surface area contributed by atoms with Gasteiger partial charge in [0.05, 0.1) is 21.7 Å². The van der Waals surface area contributed by atoms with E-state index in [0.29, 0.717) is 30.3 Å². The fraction of sp³-hybridized carbons (Fsp3) is 0.385. The Morgan fingerprint density at radius 2 is 2.19 bits per heavy atom. The quantitative estimate of drug-likeness (QED) is 0.627. The summed E-state index contributed by atoms with van der Waals surface area (Å²) in [6, 6.07) is 2.75. The summed E-state index contributed by atoms with van der Waals surface area (Å²) in [7, 11) is 3.42. The molecule has 0 radical (unpaired) electrons. The van der Waals surface area contributed by atoms with Crippen molar-refractivity contribution < 1.29 is 9.72 Å². The second kappa shape index (κ2) is 6.09. The van der Waals surface area contributed by atoms with Gasteiger partial charge in [0.2, 0.25) is 5.91 Å². The van der Waals surface area contributed by atoms with Crippen LogP contribution in [-0.4, -0.2) is 39.6 Å². The molecule has 0 fully saturated rings. The largest absolute Gasteiger partial charge is 0.349 e. The SMILES string of the molecule is CN(C)C(=O)CCCn1ncc2cc([N+](=O)[O-])cc(Cl)c21. The molecule has 112 valence electrons. The summed E-state index contributed by atoms with van der Waals surface area (Å²) in [5.41, 5.74) is 0.592. The van der Waals surface area contributed by atoms with E-state index in [2.05, 4.69) is 5.10 Å². The Labute approximate surface area is 126 Å². The number of carbonyl (C=O) groups excluding carboxylic acids is 1. The van der Waals surface area contributed by atoms with Crippen molar-refractivity contribution >= 4 is 34.1 Å². The van der Waals surface area contributed by atoms with Gasteiger partial charge in [-0.25, -0.2) is 0 Å². The fourth-order valence-electron chi connectivity index (χ4n) is 2.04. The summed E-state index contributed by atoms with van der Waals surface area (Å²) in [6.45, 7) is 0.528. The van der Waals surface area contributed by atoms with Gasteiger partial charge in [0.15, 0.2) is 0 Å². The Kier molecular flexibility index (Phi) is 4.42. The predicted molar refractivity (Wildman–Crippen MR) is 79.3 cm³/mol. The summed E-state index contributed by atoms with van der Waals surface area (Å²) in [6.07, 6.45) is 2.59. The van der Waals surface area contributed by atoms with Gasteiger partial charge < -0.3 is 4.90 Å². The van der Waals surface area contributed by atoms with Crippen LogP contribution in [0, 0.1) is 10.1 Å². The lowest BCUT2D eigenvalue weighted by atomic mass is 10.2. The molecule has 21 heavy (non-hydrogen) atoms. The zero-order valence-corrected chi connectivity index (χ0v) is 12.5. The first kappa shape index (κ1) is 15.2. The standard InChI is InChI=1S/C13H15ClN4O3/c1-16(2)12(19)4-3-5-17-13-9(8-15-17)6-10(18(20)21)7-11(13)14/h6-8H,3-5H2,1-2H3. The van der Waals surface area contributed by atoms with E-state index < -0.39 is 4.92 Å². The fourth-order valence-corrected chi connectivity index (χ4v) is 2.36. The number of amides is 1. The highest BCUT2D eigenvalue weighted by Crippen LogP contribution is 2.29. The first-order valence-corrected chi connectivity index (χ1v) is 6.77. The van der Waals surface area contributed by atoms with Gasteiger partial charge in [-0.05, 0) is 6.42 Å². The second-order valence-corrected chi connectivity index (χ2v) is 5.29. The highest BCUT2D eigenvalue weighted by molar-refractivity contribution is 6.35. The minimum absolute atomic E-state index is 0.0493. The lowest BCUT2D eigenvalue weighted by molar-refractivity contribution is -0.384. The zero-order chi connectivity index (χ0) is 15.6. The topological polar surface area (TPSA) is 81.3 Å². The van der Waals surface area contributed by atoms with E-state index in [0.717, 1.165) is 0 Å². The van der Waals surface area contributed by atoms with Crippen LogP contribution in [0.5, 0.6) is 0 Å². The van der Waals surface area contributed by atoms with Crippen LogP contribution in [0.4, 0.5) is 5.69 Å². The highest BCUT2D eigenvalue weighted by atomic mass is 35.5. The van der Waals surface area contributed by atoms with E-state index >= 15 is 0 Å². The number of hydrogen-bond acceptors (Lipinski definition) is 4. The summed E-state index contributed by atoms with van der Waals surface area (Å²) >= 11 is 6.10. The van der Waals surface area contributed by atoms with Crippen molar-refractivity contribution in [2.24, 2.45) is 0 Å². The molecule has 7 nitrogen and oxygen atoms in total. The van der Waals surface area contributed by atoms with E-state index in [-0.39, 0.29) is 16.6 Å². The molecule has 0 aliphatic heterocycles. The molecule has 0 N–H and O–H groups in total. The third kappa shape index (κ3) is 3.30. The van der Waals surface area contributed by atoms with Crippen LogP contribution in [-0.2, 0) is 11.3 Å². The van der Waals surface area contributed by atoms with Crippen LogP contribution in [0.1, 0.15) is 12.8 Å². The number of fused-ring (bicyclic) bond motifs is 1. The number of non-ortho nitro benzene ring substituents is 1. The zero-order valence-electron chi connectivity index (χ0n) is 11.7. The minimum atomic E-state index is -0.488. The average Bonchev–Trinajstić information content (AvgIpc) is 2.82. The van der Waals surface area contributed by atoms with Crippen molar-refractivity contribution in [2.45, 2.75) is 19.4 Å². The lowest BCUT2D eigenvalue weighted by Gasteiger charge is -2.10. The van der Waals surface area contributed by atoms with Gasteiger partial charge in [0.25, 0.3) is 5.69 Å². The third-order valence-electron chi connectivity index (χ3n) is 3.14. The van der Waals surface area contributed by atoms with E-state index in [1.165, 1.54) is 17.0 Å². The highest BCUT2D eigenvalue weighted by Gasteiger charge is 2.14. The lowest BCUT2D eigenvalue weighted by Crippen LogP contribution is -2.21. The Hall–Kier alpha value is -2.15. The number of nitro benzene ring substituents is 1. The molecule has 0 saturated carbocycles. The number of carbonyl (C=O) groups is 1. The number of nitro groups is 1. The number of benzene rings is 1. The van der Waals surface area contributed by atoms with Crippen LogP contribution in [0.2, 0.25) is 5.02 Å². The molecule has 0 saturated heterocycles. The van der Waals surface area contributed by atoms with Gasteiger partial charge in [0, 0.05) is 44.6 Å². The molecule has 1 heterocycles. The van der Waals surface area contributed by atoms with Crippen LogP contribution in [0.25, 0.3) is 10.9 Å². The monoisotopic (exact) mass is 310 g/mol. The van der Waals surface area contributed by atoms with E-state index in [9.17, 15) is 14.9 Å². The van der Waals surface area contributed by atoms with Crippen LogP contribution in [0.3, 0.4) is 0 Å². The maximum absolute atomic E-state index is 11.5. The molecule has 0 bridgehead atoms. The normalized spacial score (nSPS) is 10.8. The second-order valence-electron chi connectivity index (χ2n) is 4.88. The molecule has 1 aromatic carbocycles. The van der Waals surface area contributed by atoms with Gasteiger partial charge >= 0.3 is 0 Å². The summed E-state index contributed by atoms with van der Waals surface area (Å²) in [5, 5.41) is 15.9. The molecule has 0 aliphatic carbocycles. The Bertz CT molecular complexity index is 696. The van der Waals surface area contributed by atoms with Crippen molar-refractivity contribution in [3.8, 4) is 0 Å². The minimum Gasteiger partial charge on any atom is -0.349 e. The molecule has 1 aromatic heterocycles. The molecule has 0 spiro atoms. The first-order chi connectivity index (χ1) is 9.90. The Morgan fingerprint density at radius 3 is 2.81 bits per heavy atom. The Balaban J connectivity index is 2.18. The Morgan fingerprint density at radius 1 is 1.48 bits per heavy atom. The molecule has 2 aromatic rings. The molecular formula is C13H15ClN4O3. The number of aryl methyl sites for hydroxylation is 1. The number of aromatic nitrogens is 2. The van der Waals surface area contributed by atoms with Crippen molar-refractivity contribution in [1.29, 1.82) is 0 Å². The van der Waals surface area contributed by atoms with Crippen molar-refractivity contribution in [3.63, 3.8) is 0 Å². The molecule has 1 amide bonds. The van der Waals surface area contributed by atoms with Gasteiger partial charge in [0.1, 0.15) is 0 Å². The average molecular weight is 311 g/mol. The maximum atomic E-state index is 11.5. The third-order valence-corrected chi connectivity index (χ3v) is 3.43. The molecule has 8 heteroatoms. The smallest absolute Gasteiger partial charge is 0.271 e. The molecule has 2 rings (SSSR count). The van der Waals surface area contributed by atoms with Gasteiger partial charge in [-0.3, -0.25) is 19.6 Å². The predicted octanol–water partition coefficient (Wildman–Crippen LogP) is 2.47. The van der Waals surface area contributed by atoms with Crippen molar-refractivity contribution in [2.75, 3.05) is 14.1 Å². The summed E-state index contributed by atoms with van der Waals surface area (Å²) in [5.74, 6) is 0.0493. The van der Waals surface area contributed by atoms with Crippen LogP contribution in [0.15, 0.2) is 18.3 Å². The number of nitrogens with zero attached hydrogens (tertiary/aromatic N) is 4. The van der Waals surface area contributed by atoms with Crippen LogP contribution < -0.4 is 0 Å². The van der Waals surface area contributed by atoms with Crippen LogP contribution >= 0.6 is 11.6 Å². The van der Waals surface area contributed by atoms with Gasteiger partial charge in [-0.15, -0.1) is 0 Å². The summed E-state index contributed by atoms with van der Waals surface area (Å²) < 4.78 is 1.67. The van der Waals surface area contributed by atoms with Crippen molar-refractivity contribution in [1.82, 2.24) is 14.7 Å². The van der Waals surface area contributed by atoms with Gasteiger partial charge in [-0.1, -0.05) is 11.6 Å². The maximum Gasteiger partial charge on any atom is 0.271 e. The summed E-state index contributed by atoms with van der Waals surface area (Å²) in [4.78, 5) is 23.4. The molecule has 0 atom stereocenters. The molecule has 0 unspecified atom stereocenters. The number of rotatable bonds is 5. The number of hydrogen-bond donors (Lipinski definition) is 0. The van der Waals surface area contributed by atoms with E-state index in [1.807, 2.05) is 0 Å².